The van der Waals surface area contributed by atoms with Crippen LogP contribution >= 0.6 is 0 Å². The second-order valence-electron chi connectivity index (χ2n) is 8.97. The van der Waals surface area contributed by atoms with Gasteiger partial charge in [0.25, 0.3) is 11.5 Å². The smallest absolute Gasteiger partial charge is 0.280 e. The molecule has 180 valence electrons. The van der Waals surface area contributed by atoms with Crippen molar-refractivity contribution in [2.24, 2.45) is 0 Å². The van der Waals surface area contributed by atoms with Crippen molar-refractivity contribution < 1.29 is 9.20 Å². The number of carbonyl (C=O) groups excluding carboxylic acids is 1. The predicted octanol–water partition coefficient (Wildman–Crippen LogP) is 4.39. The lowest BCUT2D eigenvalue weighted by molar-refractivity contribution is -0.519. The summed E-state index contributed by atoms with van der Waals surface area (Å²) in [5.41, 5.74) is 6.95. The Hall–Kier alpha value is -4.91. The maximum atomic E-state index is 12.3. The van der Waals surface area contributed by atoms with Gasteiger partial charge in [0.15, 0.2) is 0 Å². The Morgan fingerprint density at radius 3 is 2.49 bits per heavy atom. The Kier molecular flexibility index (Phi) is 5.86. The first-order valence-electron chi connectivity index (χ1n) is 12.2. The topological polar surface area (TPSA) is 76.8 Å². The van der Waals surface area contributed by atoms with Gasteiger partial charge in [-0.2, -0.15) is 0 Å². The van der Waals surface area contributed by atoms with Gasteiger partial charge in [-0.1, -0.05) is 47.1 Å². The molecule has 2 aromatic carbocycles. The van der Waals surface area contributed by atoms with E-state index in [1.807, 2.05) is 84.7 Å². The molecule has 6 aromatic rings. The first-order valence-corrected chi connectivity index (χ1v) is 12.2. The third-order valence-corrected chi connectivity index (χ3v) is 6.45. The minimum atomic E-state index is -0.0199. The number of nitrogens with zero attached hydrogens (tertiary/aromatic N) is 5. The van der Waals surface area contributed by atoms with Crippen LogP contribution in [0.1, 0.15) is 17.0 Å². The van der Waals surface area contributed by atoms with Crippen LogP contribution in [-0.4, -0.2) is 25.7 Å². The summed E-state index contributed by atoms with van der Waals surface area (Å²) in [4.78, 5) is 21.1. The number of fused-ring (bicyclic) bond motifs is 3. The van der Waals surface area contributed by atoms with E-state index in [9.17, 15) is 4.79 Å². The second kappa shape index (κ2) is 9.62. The third kappa shape index (κ3) is 4.54. The molecular formula is C30H25N6O+. The van der Waals surface area contributed by atoms with Gasteiger partial charge in [-0.15, -0.1) is 0 Å². The molecule has 0 aliphatic heterocycles. The van der Waals surface area contributed by atoms with Gasteiger partial charge in [-0.05, 0) is 53.1 Å². The quantitative estimate of drug-likeness (QED) is 0.355. The molecule has 0 fully saturated rings. The van der Waals surface area contributed by atoms with Crippen LogP contribution in [0.3, 0.4) is 0 Å². The number of hydrogen-bond donors (Lipinski definition) is 1. The molecule has 37 heavy (non-hydrogen) atoms. The van der Waals surface area contributed by atoms with Crippen molar-refractivity contribution in [1.82, 2.24) is 25.1 Å². The number of nitrogens with one attached hydrogen (secondary N) is 1. The fourth-order valence-corrected chi connectivity index (χ4v) is 4.52. The summed E-state index contributed by atoms with van der Waals surface area (Å²) in [6.07, 6.45) is 7.66. The van der Waals surface area contributed by atoms with Crippen molar-refractivity contribution >= 4 is 22.5 Å². The SMILES string of the molecule is Cc1nn(-c2ccc(CNC(=O)Cc3ccncc3)cc2)c2c3cc(-c4ccccc4)cnc3cc[n+]12. The van der Waals surface area contributed by atoms with Gasteiger partial charge in [0, 0.05) is 42.7 Å². The van der Waals surface area contributed by atoms with Crippen molar-refractivity contribution in [3.05, 3.63) is 121 Å². The Morgan fingerprint density at radius 1 is 0.919 bits per heavy atom. The third-order valence-electron chi connectivity index (χ3n) is 6.45. The van der Waals surface area contributed by atoms with Gasteiger partial charge in [0.1, 0.15) is 5.69 Å². The Morgan fingerprint density at radius 2 is 1.70 bits per heavy atom. The average Bonchev–Trinajstić information content (AvgIpc) is 3.29. The van der Waals surface area contributed by atoms with E-state index in [1.165, 1.54) is 0 Å². The minimum absolute atomic E-state index is 0.0199. The first kappa shape index (κ1) is 22.5. The monoisotopic (exact) mass is 485 g/mol. The van der Waals surface area contributed by atoms with Crippen molar-refractivity contribution in [2.45, 2.75) is 19.9 Å². The van der Waals surface area contributed by atoms with Crippen molar-refractivity contribution in [3.8, 4) is 16.8 Å². The predicted molar refractivity (Wildman–Crippen MR) is 142 cm³/mol. The molecule has 0 bridgehead atoms. The van der Waals surface area contributed by atoms with E-state index < -0.39 is 0 Å². The van der Waals surface area contributed by atoms with Crippen LogP contribution in [0.5, 0.6) is 0 Å². The van der Waals surface area contributed by atoms with Gasteiger partial charge in [-0.3, -0.25) is 14.8 Å². The zero-order chi connectivity index (χ0) is 25.2. The summed E-state index contributed by atoms with van der Waals surface area (Å²) < 4.78 is 4.05. The molecule has 0 saturated heterocycles. The number of benzene rings is 2. The number of amides is 1. The molecule has 7 heteroatoms. The number of aryl methyl sites for hydroxylation is 1. The highest BCUT2D eigenvalue weighted by atomic mass is 16.1. The van der Waals surface area contributed by atoms with E-state index in [0.717, 1.165) is 50.3 Å². The van der Waals surface area contributed by atoms with E-state index in [0.29, 0.717) is 13.0 Å². The molecule has 0 radical (unpaired) electrons. The van der Waals surface area contributed by atoms with E-state index >= 15 is 0 Å². The van der Waals surface area contributed by atoms with Crippen molar-refractivity contribution in [3.63, 3.8) is 0 Å². The first-order chi connectivity index (χ1) is 18.2. The van der Waals surface area contributed by atoms with Gasteiger partial charge in [-0.25, -0.2) is 4.40 Å². The van der Waals surface area contributed by atoms with Crippen LogP contribution < -0.4 is 9.72 Å². The number of pyridine rings is 3. The molecule has 0 aliphatic carbocycles. The van der Waals surface area contributed by atoms with Crippen molar-refractivity contribution in [2.75, 3.05) is 0 Å². The van der Waals surface area contributed by atoms with Gasteiger partial charge in [0.05, 0.1) is 23.5 Å². The van der Waals surface area contributed by atoms with Crippen LogP contribution in [0.25, 0.3) is 33.4 Å². The molecule has 0 saturated carbocycles. The van der Waals surface area contributed by atoms with E-state index in [2.05, 4.69) is 32.9 Å². The Balaban J connectivity index is 1.30. The lowest BCUT2D eigenvalue weighted by Crippen LogP contribution is -2.24. The van der Waals surface area contributed by atoms with E-state index in [-0.39, 0.29) is 5.91 Å². The Labute approximate surface area is 214 Å². The summed E-state index contributed by atoms with van der Waals surface area (Å²) in [5.74, 6) is 0.864. The highest BCUT2D eigenvalue weighted by Crippen LogP contribution is 2.25. The zero-order valence-corrected chi connectivity index (χ0v) is 20.4. The van der Waals surface area contributed by atoms with Crippen molar-refractivity contribution in [1.29, 1.82) is 0 Å². The van der Waals surface area contributed by atoms with Crippen LogP contribution in [0.4, 0.5) is 0 Å². The van der Waals surface area contributed by atoms with Gasteiger partial charge >= 0.3 is 0 Å². The molecule has 0 aliphatic rings. The van der Waals surface area contributed by atoms with E-state index in [1.54, 1.807) is 12.4 Å². The van der Waals surface area contributed by atoms with Crippen LogP contribution in [0, 0.1) is 6.92 Å². The molecule has 6 rings (SSSR count). The zero-order valence-electron chi connectivity index (χ0n) is 20.4. The van der Waals surface area contributed by atoms with Crippen LogP contribution in [0.2, 0.25) is 0 Å². The number of hydrogen-bond acceptors (Lipinski definition) is 4. The molecule has 7 nitrogen and oxygen atoms in total. The second-order valence-corrected chi connectivity index (χ2v) is 8.97. The van der Waals surface area contributed by atoms with Crippen LogP contribution in [-0.2, 0) is 17.8 Å². The fraction of sp³-hybridized carbons (Fsp3) is 0.100. The Bertz CT molecular complexity index is 1710. The maximum absolute atomic E-state index is 12.3. The molecule has 4 heterocycles. The largest absolute Gasteiger partial charge is 0.352 e. The molecule has 0 spiro atoms. The normalized spacial score (nSPS) is 11.2. The standard InChI is InChI=1S/C30H24N6O/c1-21-34-36(26-9-7-23(8-10-26)19-33-29(37)17-22-11-14-31-15-12-22)30-27-18-25(24-5-3-2-4-6-24)20-32-28(27)13-16-35(21)30/h2-16,18,20H,17,19H2,1H3/p+1. The molecule has 4 aromatic heterocycles. The maximum Gasteiger partial charge on any atom is 0.280 e. The summed E-state index contributed by atoms with van der Waals surface area (Å²) in [7, 11) is 0. The lowest BCUT2D eigenvalue weighted by Gasteiger charge is -2.06. The van der Waals surface area contributed by atoms with Gasteiger partial charge < -0.3 is 5.32 Å². The highest BCUT2D eigenvalue weighted by molar-refractivity contribution is 5.92. The summed E-state index contributed by atoms with van der Waals surface area (Å²) >= 11 is 0. The van der Waals surface area contributed by atoms with E-state index in [4.69, 9.17) is 10.1 Å². The highest BCUT2D eigenvalue weighted by Gasteiger charge is 2.22. The lowest BCUT2D eigenvalue weighted by atomic mass is 10.1. The molecule has 1 amide bonds. The molecule has 0 unspecified atom stereocenters. The minimum Gasteiger partial charge on any atom is -0.352 e. The molecular weight excluding hydrogens is 460 g/mol. The summed E-state index contributed by atoms with van der Waals surface area (Å²) in [6, 6.07) is 26.3. The average molecular weight is 486 g/mol. The van der Waals surface area contributed by atoms with Gasteiger partial charge in [0.2, 0.25) is 5.91 Å². The fourth-order valence-electron chi connectivity index (χ4n) is 4.52. The molecule has 0 atom stereocenters. The number of rotatable bonds is 6. The number of carbonyl (C=O) groups is 1. The summed E-state index contributed by atoms with van der Waals surface area (Å²) in [5, 5.41) is 8.86. The molecule has 1 N–H and O–H groups in total. The number of aromatic nitrogens is 5. The van der Waals surface area contributed by atoms with Crippen LogP contribution in [0.15, 0.2) is 104 Å². The summed E-state index contributed by atoms with van der Waals surface area (Å²) in [6.45, 7) is 2.46.